The fourth-order valence-electron chi connectivity index (χ4n) is 3.21. The lowest BCUT2D eigenvalue weighted by Gasteiger charge is -2.27. The predicted octanol–water partition coefficient (Wildman–Crippen LogP) is 2.07. The SMILES string of the molecule is CC1CC(C(=O)NCCC2CCCC2)CCN1. The second-order valence-electron chi connectivity index (χ2n) is 5.81. The quantitative estimate of drug-likeness (QED) is 0.787. The van der Waals surface area contributed by atoms with E-state index in [0.717, 1.165) is 31.8 Å². The highest BCUT2D eigenvalue weighted by Gasteiger charge is 2.24. The summed E-state index contributed by atoms with van der Waals surface area (Å²) in [5.41, 5.74) is 0. The molecule has 3 heteroatoms. The Morgan fingerprint density at radius 2 is 2.06 bits per heavy atom. The summed E-state index contributed by atoms with van der Waals surface area (Å²) in [5.74, 6) is 1.41. The van der Waals surface area contributed by atoms with Crippen LogP contribution in [0.3, 0.4) is 0 Å². The van der Waals surface area contributed by atoms with E-state index in [1.54, 1.807) is 0 Å². The lowest BCUT2D eigenvalue weighted by atomic mass is 9.92. The number of nitrogens with one attached hydrogen (secondary N) is 2. The van der Waals surface area contributed by atoms with E-state index in [9.17, 15) is 4.79 Å². The average molecular weight is 238 g/mol. The van der Waals surface area contributed by atoms with E-state index in [0.29, 0.717) is 6.04 Å². The number of hydrogen-bond acceptors (Lipinski definition) is 2. The molecule has 1 saturated heterocycles. The van der Waals surface area contributed by atoms with Gasteiger partial charge in [-0.3, -0.25) is 4.79 Å². The van der Waals surface area contributed by atoms with Crippen LogP contribution in [0.25, 0.3) is 0 Å². The highest BCUT2D eigenvalue weighted by molar-refractivity contribution is 5.78. The van der Waals surface area contributed by atoms with Crippen LogP contribution in [0.2, 0.25) is 0 Å². The Hall–Kier alpha value is -0.570. The first-order valence-corrected chi connectivity index (χ1v) is 7.27. The Balaban J connectivity index is 1.62. The third kappa shape index (κ3) is 3.98. The van der Waals surface area contributed by atoms with E-state index in [-0.39, 0.29) is 11.8 Å². The molecule has 98 valence electrons. The minimum absolute atomic E-state index is 0.245. The van der Waals surface area contributed by atoms with Gasteiger partial charge in [0.2, 0.25) is 5.91 Å². The van der Waals surface area contributed by atoms with Crippen LogP contribution < -0.4 is 10.6 Å². The van der Waals surface area contributed by atoms with E-state index in [2.05, 4.69) is 17.6 Å². The first-order chi connectivity index (χ1) is 8.25. The molecule has 0 aromatic heterocycles. The molecule has 1 aliphatic carbocycles. The van der Waals surface area contributed by atoms with Gasteiger partial charge in [-0.2, -0.15) is 0 Å². The van der Waals surface area contributed by atoms with Crippen molar-refractivity contribution >= 4 is 5.91 Å². The van der Waals surface area contributed by atoms with Gasteiger partial charge < -0.3 is 10.6 Å². The van der Waals surface area contributed by atoms with E-state index in [1.165, 1.54) is 32.1 Å². The van der Waals surface area contributed by atoms with Gasteiger partial charge in [0.1, 0.15) is 0 Å². The number of carbonyl (C=O) groups is 1. The molecule has 1 saturated carbocycles. The molecule has 2 atom stereocenters. The number of rotatable bonds is 4. The average Bonchev–Trinajstić information content (AvgIpc) is 2.82. The molecule has 2 rings (SSSR count). The molecule has 0 aromatic rings. The number of piperidine rings is 1. The molecule has 0 bridgehead atoms. The van der Waals surface area contributed by atoms with Crippen molar-refractivity contribution in [3.63, 3.8) is 0 Å². The first-order valence-electron chi connectivity index (χ1n) is 7.27. The van der Waals surface area contributed by atoms with Crippen LogP contribution in [0.4, 0.5) is 0 Å². The Kier molecular flexibility index (Phi) is 4.84. The van der Waals surface area contributed by atoms with Crippen molar-refractivity contribution in [2.75, 3.05) is 13.1 Å². The van der Waals surface area contributed by atoms with Crippen LogP contribution in [-0.2, 0) is 4.79 Å². The van der Waals surface area contributed by atoms with Crippen molar-refractivity contribution in [1.82, 2.24) is 10.6 Å². The number of amides is 1. The van der Waals surface area contributed by atoms with Gasteiger partial charge in [-0.05, 0) is 38.6 Å². The molecule has 0 aromatic carbocycles. The van der Waals surface area contributed by atoms with E-state index >= 15 is 0 Å². The highest BCUT2D eigenvalue weighted by atomic mass is 16.1. The second kappa shape index (κ2) is 6.39. The van der Waals surface area contributed by atoms with Gasteiger partial charge in [-0.15, -0.1) is 0 Å². The Labute approximate surface area is 105 Å². The number of carbonyl (C=O) groups excluding carboxylic acids is 1. The third-order valence-corrected chi connectivity index (χ3v) is 4.32. The van der Waals surface area contributed by atoms with Crippen molar-refractivity contribution in [2.24, 2.45) is 11.8 Å². The molecular weight excluding hydrogens is 212 g/mol. The van der Waals surface area contributed by atoms with Crippen molar-refractivity contribution in [1.29, 1.82) is 0 Å². The fraction of sp³-hybridized carbons (Fsp3) is 0.929. The summed E-state index contributed by atoms with van der Waals surface area (Å²) in [7, 11) is 0. The molecule has 0 radical (unpaired) electrons. The van der Waals surface area contributed by atoms with Gasteiger partial charge in [-0.25, -0.2) is 0 Å². The molecule has 1 heterocycles. The molecule has 2 N–H and O–H groups in total. The maximum atomic E-state index is 12.0. The normalized spacial score (nSPS) is 30.4. The molecule has 2 unspecified atom stereocenters. The fourth-order valence-corrected chi connectivity index (χ4v) is 3.21. The molecule has 3 nitrogen and oxygen atoms in total. The zero-order valence-electron chi connectivity index (χ0n) is 11.0. The van der Waals surface area contributed by atoms with E-state index in [4.69, 9.17) is 0 Å². The lowest BCUT2D eigenvalue weighted by molar-refractivity contribution is -0.126. The highest BCUT2D eigenvalue weighted by Crippen LogP contribution is 2.27. The summed E-state index contributed by atoms with van der Waals surface area (Å²) < 4.78 is 0. The molecule has 2 fully saturated rings. The lowest BCUT2D eigenvalue weighted by Crippen LogP contribution is -2.42. The molecule has 1 amide bonds. The maximum absolute atomic E-state index is 12.0. The molecule has 17 heavy (non-hydrogen) atoms. The summed E-state index contributed by atoms with van der Waals surface area (Å²) in [6.07, 6.45) is 8.72. The van der Waals surface area contributed by atoms with Crippen LogP contribution in [0.1, 0.15) is 51.9 Å². The smallest absolute Gasteiger partial charge is 0.223 e. The summed E-state index contributed by atoms with van der Waals surface area (Å²) >= 11 is 0. The Bertz CT molecular complexity index is 249. The molecule has 1 aliphatic heterocycles. The van der Waals surface area contributed by atoms with E-state index < -0.39 is 0 Å². The van der Waals surface area contributed by atoms with Crippen molar-refractivity contribution in [2.45, 2.75) is 57.9 Å². The van der Waals surface area contributed by atoms with Crippen LogP contribution in [-0.4, -0.2) is 25.0 Å². The van der Waals surface area contributed by atoms with Gasteiger partial charge >= 0.3 is 0 Å². The zero-order chi connectivity index (χ0) is 12.1. The van der Waals surface area contributed by atoms with Crippen molar-refractivity contribution < 1.29 is 4.79 Å². The summed E-state index contributed by atoms with van der Waals surface area (Å²) in [4.78, 5) is 12.0. The van der Waals surface area contributed by atoms with Crippen molar-refractivity contribution in [3.05, 3.63) is 0 Å². The minimum atomic E-state index is 0.245. The first kappa shape index (κ1) is 12.9. The van der Waals surface area contributed by atoms with Gasteiger partial charge in [0, 0.05) is 18.5 Å². The van der Waals surface area contributed by atoms with Crippen LogP contribution in [0, 0.1) is 11.8 Å². The van der Waals surface area contributed by atoms with Gasteiger partial charge in [0.25, 0.3) is 0 Å². The van der Waals surface area contributed by atoms with Crippen LogP contribution in [0.5, 0.6) is 0 Å². The largest absolute Gasteiger partial charge is 0.356 e. The molecular formula is C14H26N2O. The zero-order valence-corrected chi connectivity index (χ0v) is 11.0. The molecule has 2 aliphatic rings. The minimum Gasteiger partial charge on any atom is -0.356 e. The monoisotopic (exact) mass is 238 g/mol. The Morgan fingerprint density at radius 1 is 1.29 bits per heavy atom. The summed E-state index contributed by atoms with van der Waals surface area (Å²) in [6, 6.07) is 0.495. The summed E-state index contributed by atoms with van der Waals surface area (Å²) in [6.45, 7) is 4.04. The van der Waals surface area contributed by atoms with Gasteiger partial charge in [0.05, 0.1) is 0 Å². The van der Waals surface area contributed by atoms with Crippen molar-refractivity contribution in [3.8, 4) is 0 Å². The maximum Gasteiger partial charge on any atom is 0.223 e. The van der Waals surface area contributed by atoms with Gasteiger partial charge in [0.15, 0.2) is 0 Å². The predicted molar refractivity (Wildman–Crippen MR) is 69.8 cm³/mol. The third-order valence-electron chi connectivity index (χ3n) is 4.32. The second-order valence-corrected chi connectivity index (χ2v) is 5.81. The van der Waals surface area contributed by atoms with Gasteiger partial charge in [-0.1, -0.05) is 25.7 Å². The standard InChI is InChI=1S/C14H26N2O/c1-11-10-13(7-9-15-11)14(17)16-8-6-12-4-2-3-5-12/h11-13,15H,2-10H2,1H3,(H,16,17). The summed E-state index contributed by atoms with van der Waals surface area (Å²) in [5, 5.41) is 6.52. The van der Waals surface area contributed by atoms with Crippen LogP contribution in [0.15, 0.2) is 0 Å². The topological polar surface area (TPSA) is 41.1 Å². The van der Waals surface area contributed by atoms with E-state index in [1.807, 2.05) is 0 Å². The number of hydrogen-bond donors (Lipinski definition) is 2. The van der Waals surface area contributed by atoms with Crippen LogP contribution >= 0.6 is 0 Å². The Morgan fingerprint density at radius 3 is 2.76 bits per heavy atom. The molecule has 0 spiro atoms.